The number of halogens is 2. The number of hydrogen-bond acceptors (Lipinski definition) is 3. The Balaban J connectivity index is 1.88. The number of nitrogens with zero attached hydrogens (tertiary/aromatic N) is 1. The zero-order valence-electron chi connectivity index (χ0n) is 12.3. The Kier molecular flexibility index (Phi) is 6.02. The molecule has 1 heterocycles. The highest BCUT2D eigenvalue weighted by atomic mass is 79.9. The van der Waals surface area contributed by atoms with Crippen LogP contribution in [0.5, 0.6) is 0 Å². The summed E-state index contributed by atoms with van der Waals surface area (Å²) in [5.41, 5.74) is 4.21. The Morgan fingerprint density at radius 1 is 1.21 bits per heavy atom. The van der Waals surface area contributed by atoms with Gasteiger partial charge in [-0.15, -0.1) is 0 Å². The van der Waals surface area contributed by atoms with Gasteiger partial charge in [0.1, 0.15) is 12.4 Å². The highest BCUT2D eigenvalue weighted by Crippen LogP contribution is 2.16. The first-order valence-corrected chi connectivity index (χ1v) is 7.62. The smallest absolute Gasteiger partial charge is 0.262 e. The second-order valence-electron chi connectivity index (χ2n) is 4.70. The van der Waals surface area contributed by atoms with E-state index in [9.17, 15) is 18.8 Å². The topological polar surface area (TPSA) is 80.2 Å². The van der Waals surface area contributed by atoms with Gasteiger partial charge >= 0.3 is 0 Å². The number of carbonyl (C=O) groups excluding carboxylic acids is 2. The van der Waals surface area contributed by atoms with Gasteiger partial charge in [0.05, 0.1) is 0 Å². The summed E-state index contributed by atoms with van der Waals surface area (Å²) in [6.45, 7) is -0.232. The first-order chi connectivity index (χ1) is 11.5. The molecule has 0 atom stereocenters. The predicted octanol–water partition coefficient (Wildman–Crippen LogP) is 1.61. The molecular weight excluding hydrogens is 381 g/mol. The Hall–Kier alpha value is -2.74. The molecule has 2 amide bonds. The molecular formula is C16H13BrFN3O3. The maximum Gasteiger partial charge on any atom is 0.262 e. The minimum Gasteiger partial charge on any atom is -0.306 e. The normalized spacial score (nSPS) is 10.6. The molecule has 0 bridgehead atoms. The van der Waals surface area contributed by atoms with Gasteiger partial charge in [0.25, 0.3) is 17.4 Å². The maximum atomic E-state index is 13.5. The van der Waals surface area contributed by atoms with Crippen molar-refractivity contribution in [3.05, 3.63) is 74.9 Å². The van der Waals surface area contributed by atoms with Crippen LogP contribution in [0, 0.1) is 5.82 Å². The summed E-state index contributed by atoms with van der Waals surface area (Å²) in [4.78, 5) is 34.7. The van der Waals surface area contributed by atoms with Gasteiger partial charge in [0.2, 0.25) is 0 Å². The third-order valence-electron chi connectivity index (χ3n) is 2.91. The van der Waals surface area contributed by atoms with Crippen LogP contribution in [0.25, 0.3) is 6.08 Å². The van der Waals surface area contributed by atoms with Crippen molar-refractivity contribution in [2.45, 2.75) is 6.54 Å². The average Bonchev–Trinajstić information content (AvgIpc) is 2.56. The Labute approximate surface area is 145 Å². The minimum atomic E-state index is -0.636. The molecule has 2 aromatic rings. The SMILES string of the molecule is O=C(/C=C/c1cc(Br)ccc1F)NNC(=O)Cn1ccccc1=O. The fourth-order valence-electron chi connectivity index (χ4n) is 1.77. The van der Waals surface area contributed by atoms with E-state index in [-0.39, 0.29) is 17.7 Å². The van der Waals surface area contributed by atoms with Crippen molar-refractivity contribution in [2.24, 2.45) is 0 Å². The number of nitrogens with one attached hydrogen (secondary N) is 2. The van der Waals surface area contributed by atoms with E-state index in [1.807, 2.05) is 0 Å². The third kappa shape index (κ3) is 5.17. The summed E-state index contributed by atoms with van der Waals surface area (Å²) in [6, 6.07) is 8.81. The second-order valence-corrected chi connectivity index (χ2v) is 5.62. The predicted molar refractivity (Wildman–Crippen MR) is 90.1 cm³/mol. The molecule has 0 radical (unpaired) electrons. The van der Waals surface area contributed by atoms with E-state index < -0.39 is 17.6 Å². The molecule has 2 N–H and O–H groups in total. The Bertz CT molecular complexity index is 848. The molecule has 0 aliphatic heterocycles. The van der Waals surface area contributed by atoms with Gasteiger partial charge in [0.15, 0.2) is 0 Å². The van der Waals surface area contributed by atoms with Crippen LogP contribution >= 0.6 is 15.9 Å². The zero-order chi connectivity index (χ0) is 17.5. The molecule has 6 nitrogen and oxygen atoms in total. The van der Waals surface area contributed by atoms with Crippen LogP contribution in [0.15, 0.2) is 57.9 Å². The number of hydrazine groups is 1. The van der Waals surface area contributed by atoms with Crippen LogP contribution in [0.4, 0.5) is 4.39 Å². The molecule has 124 valence electrons. The number of pyridine rings is 1. The van der Waals surface area contributed by atoms with E-state index in [0.717, 1.165) is 6.08 Å². The molecule has 0 aliphatic carbocycles. The second kappa shape index (κ2) is 8.21. The van der Waals surface area contributed by atoms with Crippen molar-refractivity contribution >= 4 is 33.8 Å². The highest BCUT2D eigenvalue weighted by molar-refractivity contribution is 9.10. The molecule has 8 heteroatoms. The Morgan fingerprint density at radius 2 is 2.00 bits per heavy atom. The van der Waals surface area contributed by atoms with Crippen LogP contribution < -0.4 is 16.4 Å². The van der Waals surface area contributed by atoms with E-state index in [2.05, 4.69) is 26.8 Å². The molecule has 0 fully saturated rings. The number of aromatic nitrogens is 1. The van der Waals surface area contributed by atoms with Gasteiger partial charge in [-0.25, -0.2) is 4.39 Å². The van der Waals surface area contributed by atoms with E-state index in [1.165, 1.54) is 35.0 Å². The van der Waals surface area contributed by atoms with Crippen molar-refractivity contribution in [1.29, 1.82) is 0 Å². The highest BCUT2D eigenvalue weighted by Gasteiger charge is 2.05. The van der Waals surface area contributed by atoms with Crippen molar-refractivity contribution in [2.75, 3.05) is 0 Å². The molecule has 0 unspecified atom stereocenters. The fourth-order valence-corrected chi connectivity index (χ4v) is 2.15. The monoisotopic (exact) mass is 393 g/mol. The summed E-state index contributed by atoms with van der Waals surface area (Å²) in [6.07, 6.45) is 3.82. The minimum absolute atomic E-state index is 0.224. The largest absolute Gasteiger partial charge is 0.306 e. The number of amides is 2. The van der Waals surface area contributed by atoms with Crippen molar-refractivity contribution in [3.63, 3.8) is 0 Å². The zero-order valence-corrected chi connectivity index (χ0v) is 13.9. The number of benzene rings is 1. The van der Waals surface area contributed by atoms with Crippen LogP contribution in [0.1, 0.15) is 5.56 Å². The van der Waals surface area contributed by atoms with Crippen LogP contribution in [0.3, 0.4) is 0 Å². The fraction of sp³-hybridized carbons (Fsp3) is 0.0625. The van der Waals surface area contributed by atoms with Gasteiger partial charge in [-0.2, -0.15) is 0 Å². The lowest BCUT2D eigenvalue weighted by Gasteiger charge is -2.07. The molecule has 0 spiro atoms. The van der Waals surface area contributed by atoms with E-state index >= 15 is 0 Å². The van der Waals surface area contributed by atoms with Crippen molar-refractivity contribution in [1.82, 2.24) is 15.4 Å². The van der Waals surface area contributed by atoms with Crippen LogP contribution in [-0.4, -0.2) is 16.4 Å². The quantitative estimate of drug-likeness (QED) is 0.611. The van der Waals surface area contributed by atoms with Crippen LogP contribution in [-0.2, 0) is 16.1 Å². The van der Waals surface area contributed by atoms with E-state index in [1.54, 1.807) is 18.2 Å². The molecule has 1 aromatic carbocycles. The summed E-state index contributed by atoms with van der Waals surface area (Å²) in [5, 5.41) is 0. The maximum absolute atomic E-state index is 13.5. The molecule has 24 heavy (non-hydrogen) atoms. The van der Waals surface area contributed by atoms with E-state index in [0.29, 0.717) is 4.47 Å². The van der Waals surface area contributed by atoms with Crippen molar-refractivity contribution in [3.8, 4) is 0 Å². The number of rotatable bonds is 4. The summed E-state index contributed by atoms with van der Waals surface area (Å²) in [5.74, 6) is -1.68. The standard InChI is InChI=1S/C16H13BrFN3O3/c17-12-5-6-13(18)11(9-12)4-7-14(22)19-20-15(23)10-21-8-2-1-3-16(21)24/h1-9H,10H2,(H,19,22)(H,20,23)/b7-4+. The molecule has 0 saturated heterocycles. The lowest BCUT2D eigenvalue weighted by atomic mass is 10.2. The summed E-state index contributed by atoms with van der Waals surface area (Å²) >= 11 is 3.20. The van der Waals surface area contributed by atoms with Gasteiger partial charge in [-0.1, -0.05) is 22.0 Å². The third-order valence-corrected chi connectivity index (χ3v) is 3.40. The lowest BCUT2D eigenvalue weighted by molar-refractivity contribution is -0.127. The first-order valence-electron chi connectivity index (χ1n) is 6.83. The molecule has 0 aliphatic rings. The Morgan fingerprint density at radius 3 is 2.75 bits per heavy atom. The van der Waals surface area contributed by atoms with Crippen molar-refractivity contribution < 1.29 is 14.0 Å². The molecule has 1 aromatic heterocycles. The molecule has 0 saturated carbocycles. The first kappa shape index (κ1) is 17.6. The summed E-state index contributed by atoms with van der Waals surface area (Å²) < 4.78 is 15.4. The molecule has 2 rings (SSSR count). The van der Waals surface area contributed by atoms with Gasteiger partial charge in [0, 0.05) is 28.4 Å². The van der Waals surface area contributed by atoms with Gasteiger partial charge in [-0.05, 0) is 30.3 Å². The summed E-state index contributed by atoms with van der Waals surface area (Å²) in [7, 11) is 0. The number of carbonyl (C=O) groups is 2. The van der Waals surface area contributed by atoms with Gasteiger partial charge in [-0.3, -0.25) is 25.2 Å². The van der Waals surface area contributed by atoms with E-state index in [4.69, 9.17) is 0 Å². The van der Waals surface area contributed by atoms with Crippen LogP contribution in [0.2, 0.25) is 0 Å². The van der Waals surface area contributed by atoms with Gasteiger partial charge < -0.3 is 4.57 Å². The average molecular weight is 394 g/mol. The number of hydrogen-bond donors (Lipinski definition) is 2. The lowest BCUT2D eigenvalue weighted by Crippen LogP contribution is -2.43.